The van der Waals surface area contributed by atoms with Gasteiger partial charge in [0.2, 0.25) is 5.91 Å². The molecule has 0 aliphatic carbocycles. The summed E-state index contributed by atoms with van der Waals surface area (Å²) in [4.78, 5) is 23.7. The van der Waals surface area contributed by atoms with Crippen LogP contribution in [-0.4, -0.2) is 11.9 Å². The van der Waals surface area contributed by atoms with Crippen LogP contribution in [0.5, 0.6) is 0 Å². The number of amides is 1. The molecule has 0 aromatic heterocycles. The molecule has 0 heterocycles. The second-order valence-corrected chi connectivity index (χ2v) is 6.09. The zero-order valence-corrected chi connectivity index (χ0v) is 14.5. The molecule has 2 aromatic carbocycles. The minimum absolute atomic E-state index is 0.0459. The van der Waals surface area contributed by atoms with Crippen molar-refractivity contribution in [2.24, 2.45) is 0 Å². The molecule has 0 atom stereocenters. The third kappa shape index (κ3) is 5.70. The first-order valence-electron chi connectivity index (χ1n) is 7.71. The number of benzene rings is 2. The van der Waals surface area contributed by atoms with Crippen LogP contribution in [0.25, 0.3) is 0 Å². The lowest BCUT2D eigenvalue weighted by molar-refractivity contribution is -0.145. The SMILES string of the molecule is Cc1ccc(C)c(NC(=O)CCC(=O)OCc2ccc(Cl)cc2)c1. The number of aryl methyl sites for hydroxylation is 2. The average Bonchev–Trinajstić information content (AvgIpc) is 2.56. The number of carbonyl (C=O) groups excluding carboxylic acids is 2. The number of nitrogens with one attached hydrogen (secondary N) is 1. The van der Waals surface area contributed by atoms with Gasteiger partial charge in [0.25, 0.3) is 0 Å². The number of carbonyl (C=O) groups is 2. The second-order valence-electron chi connectivity index (χ2n) is 5.65. The molecule has 0 saturated carbocycles. The van der Waals surface area contributed by atoms with E-state index in [1.165, 1.54) is 0 Å². The highest BCUT2D eigenvalue weighted by molar-refractivity contribution is 6.30. The van der Waals surface area contributed by atoms with Crippen molar-refractivity contribution in [3.8, 4) is 0 Å². The molecule has 24 heavy (non-hydrogen) atoms. The maximum absolute atomic E-state index is 12.0. The van der Waals surface area contributed by atoms with Crippen molar-refractivity contribution in [1.29, 1.82) is 0 Å². The van der Waals surface area contributed by atoms with E-state index >= 15 is 0 Å². The Hall–Kier alpha value is -2.33. The van der Waals surface area contributed by atoms with Gasteiger partial charge in [0.15, 0.2) is 0 Å². The minimum Gasteiger partial charge on any atom is -0.461 e. The number of ether oxygens (including phenoxy) is 1. The van der Waals surface area contributed by atoms with E-state index in [4.69, 9.17) is 16.3 Å². The second kappa shape index (κ2) is 8.50. The third-order valence-corrected chi connectivity index (χ3v) is 3.79. The summed E-state index contributed by atoms with van der Waals surface area (Å²) < 4.78 is 5.15. The monoisotopic (exact) mass is 345 g/mol. The summed E-state index contributed by atoms with van der Waals surface area (Å²) in [5.74, 6) is -0.604. The van der Waals surface area contributed by atoms with E-state index in [0.717, 1.165) is 22.4 Å². The van der Waals surface area contributed by atoms with Gasteiger partial charge in [-0.1, -0.05) is 35.9 Å². The van der Waals surface area contributed by atoms with Crippen LogP contribution in [0.15, 0.2) is 42.5 Å². The lowest BCUT2D eigenvalue weighted by Gasteiger charge is -2.09. The lowest BCUT2D eigenvalue weighted by atomic mass is 10.1. The molecule has 0 fully saturated rings. The fraction of sp³-hybridized carbons (Fsp3) is 0.263. The van der Waals surface area contributed by atoms with Crippen molar-refractivity contribution >= 4 is 29.2 Å². The number of hydrogen-bond acceptors (Lipinski definition) is 3. The Balaban J connectivity index is 1.75. The molecular formula is C19H20ClNO3. The Morgan fingerprint density at radius 3 is 2.46 bits per heavy atom. The summed E-state index contributed by atoms with van der Waals surface area (Å²) in [6, 6.07) is 12.9. The highest BCUT2D eigenvalue weighted by Gasteiger charge is 2.10. The maximum Gasteiger partial charge on any atom is 0.306 e. The van der Waals surface area contributed by atoms with Crippen molar-refractivity contribution in [1.82, 2.24) is 0 Å². The minimum atomic E-state index is -0.402. The fourth-order valence-corrected chi connectivity index (χ4v) is 2.24. The molecule has 5 heteroatoms. The van der Waals surface area contributed by atoms with Crippen molar-refractivity contribution in [2.45, 2.75) is 33.3 Å². The molecule has 1 N–H and O–H groups in total. The highest BCUT2D eigenvalue weighted by Crippen LogP contribution is 2.17. The van der Waals surface area contributed by atoms with Crippen LogP contribution in [0.1, 0.15) is 29.5 Å². The number of halogens is 1. The Kier molecular flexibility index (Phi) is 6.38. The van der Waals surface area contributed by atoms with Gasteiger partial charge in [0.05, 0.1) is 6.42 Å². The van der Waals surface area contributed by atoms with Crippen LogP contribution in [0.2, 0.25) is 5.02 Å². The molecule has 0 bridgehead atoms. The number of hydrogen-bond donors (Lipinski definition) is 1. The van der Waals surface area contributed by atoms with Crippen LogP contribution in [0.4, 0.5) is 5.69 Å². The Morgan fingerprint density at radius 1 is 1.04 bits per heavy atom. The van der Waals surface area contributed by atoms with Gasteiger partial charge in [0.1, 0.15) is 6.61 Å². The van der Waals surface area contributed by atoms with Gasteiger partial charge in [-0.25, -0.2) is 0 Å². The zero-order valence-electron chi connectivity index (χ0n) is 13.8. The molecule has 0 saturated heterocycles. The van der Waals surface area contributed by atoms with Crippen LogP contribution in [0, 0.1) is 13.8 Å². The molecular weight excluding hydrogens is 326 g/mol. The molecule has 0 aliphatic heterocycles. The predicted molar refractivity (Wildman–Crippen MR) is 95.0 cm³/mol. The van der Waals surface area contributed by atoms with E-state index in [1.807, 2.05) is 32.0 Å². The molecule has 0 unspecified atom stereocenters. The molecule has 0 aliphatic rings. The first-order chi connectivity index (χ1) is 11.4. The number of esters is 1. The summed E-state index contributed by atoms with van der Waals surface area (Å²) in [5.41, 5.74) is 3.68. The van der Waals surface area contributed by atoms with Gasteiger partial charge in [-0.2, -0.15) is 0 Å². The van der Waals surface area contributed by atoms with Gasteiger partial charge in [-0.3, -0.25) is 9.59 Å². The summed E-state index contributed by atoms with van der Waals surface area (Å²) in [6.07, 6.45) is 0.136. The molecule has 126 valence electrons. The van der Waals surface area contributed by atoms with Crippen molar-refractivity contribution in [3.05, 3.63) is 64.2 Å². The van der Waals surface area contributed by atoms with Gasteiger partial charge < -0.3 is 10.1 Å². The van der Waals surface area contributed by atoms with Crippen LogP contribution in [0.3, 0.4) is 0 Å². The molecule has 4 nitrogen and oxygen atoms in total. The normalized spacial score (nSPS) is 10.3. The van der Waals surface area contributed by atoms with Gasteiger partial charge in [0, 0.05) is 17.1 Å². The van der Waals surface area contributed by atoms with E-state index in [1.54, 1.807) is 24.3 Å². The molecule has 2 aromatic rings. The van der Waals surface area contributed by atoms with E-state index < -0.39 is 5.97 Å². The first kappa shape index (κ1) is 18.0. The quantitative estimate of drug-likeness (QED) is 0.788. The standard InChI is InChI=1S/C19H20ClNO3/c1-13-3-4-14(2)17(11-13)21-18(22)9-10-19(23)24-12-15-5-7-16(20)8-6-15/h3-8,11H,9-10,12H2,1-2H3,(H,21,22). The molecule has 0 radical (unpaired) electrons. The number of rotatable bonds is 6. The van der Waals surface area contributed by atoms with E-state index in [2.05, 4.69) is 5.32 Å². The fourth-order valence-electron chi connectivity index (χ4n) is 2.12. The van der Waals surface area contributed by atoms with Gasteiger partial charge in [-0.15, -0.1) is 0 Å². The lowest BCUT2D eigenvalue weighted by Crippen LogP contribution is -2.15. The Labute approximate surface area is 146 Å². The van der Waals surface area contributed by atoms with E-state index in [-0.39, 0.29) is 25.4 Å². The van der Waals surface area contributed by atoms with E-state index in [9.17, 15) is 9.59 Å². The number of anilines is 1. The topological polar surface area (TPSA) is 55.4 Å². The molecule has 2 rings (SSSR count). The highest BCUT2D eigenvalue weighted by atomic mass is 35.5. The van der Waals surface area contributed by atoms with Crippen molar-refractivity contribution in [2.75, 3.05) is 5.32 Å². The predicted octanol–water partition coefficient (Wildman–Crippen LogP) is 4.42. The Morgan fingerprint density at radius 2 is 1.75 bits per heavy atom. The summed E-state index contributed by atoms with van der Waals surface area (Å²) in [7, 11) is 0. The smallest absolute Gasteiger partial charge is 0.306 e. The van der Waals surface area contributed by atoms with Crippen molar-refractivity contribution < 1.29 is 14.3 Å². The average molecular weight is 346 g/mol. The zero-order chi connectivity index (χ0) is 17.5. The Bertz CT molecular complexity index is 726. The molecule has 1 amide bonds. The largest absolute Gasteiger partial charge is 0.461 e. The molecule has 0 spiro atoms. The van der Waals surface area contributed by atoms with Crippen LogP contribution >= 0.6 is 11.6 Å². The summed E-state index contributed by atoms with van der Waals surface area (Å²) in [6.45, 7) is 4.06. The maximum atomic E-state index is 12.0. The third-order valence-electron chi connectivity index (χ3n) is 3.54. The van der Waals surface area contributed by atoms with E-state index in [0.29, 0.717) is 5.02 Å². The summed E-state index contributed by atoms with van der Waals surface area (Å²) >= 11 is 5.79. The first-order valence-corrected chi connectivity index (χ1v) is 8.09. The van der Waals surface area contributed by atoms with Gasteiger partial charge in [-0.05, 0) is 48.7 Å². The van der Waals surface area contributed by atoms with Crippen LogP contribution in [-0.2, 0) is 20.9 Å². The van der Waals surface area contributed by atoms with Gasteiger partial charge >= 0.3 is 5.97 Å². The van der Waals surface area contributed by atoms with Crippen LogP contribution < -0.4 is 5.32 Å². The summed E-state index contributed by atoms with van der Waals surface area (Å²) in [5, 5.41) is 3.46. The van der Waals surface area contributed by atoms with Crippen molar-refractivity contribution in [3.63, 3.8) is 0 Å².